The van der Waals surface area contributed by atoms with Gasteiger partial charge in [-0.1, -0.05) is 6.92 Å². The number of hydrogen-bond acceptors (Lipinski definition) is 2. The van der Waals surface area contributed by atoms with Crippen molar-refractivity contribution < 1.29 is 0 Å². The Labute approximate surface area is 98.0 Å². The van der Waals surface area contributed by atoms with Crippen molar-refractivity contribution in [3.63, 3.8) is 0 Å². The molecule has 2 N–H and O–H groups in total. The van der Waals surface area contributed by atoms with Gasteiger partial charge in [-0.15, -0.1) is 0 Å². The van der Waals surface area contributed by atoms with Crippen LogP contribution in [0, 0.1) is 18.8 Å². The van der Waals surface area contributed by atoms with Crippen molar-refractivity contribution in [3.05, 3.63) is 17.5 Å². The molecule has 3 heteroatoms. The zero-order valence-corrected chi connectivity index (χ0v) is 10.6. The maximum Gasteiger partial charge on any atom is 0.0596 e. The van der Waals surface area contributed by atoms with Gasteiger partial charge in [0.1, 0.15) is 0 Å². The second-order valence-electron chi connectivity index (χ2n) is 5.16. The summed E-state index contributed by atoms with van der Waals surface area (Å²) in [5, 5.41) is 4.46. The van der Waals surface area contributed by atoms with Crippen molar-refractivity contribution in [3.8, 4) is 0 Å². The Morgan fingerprint density at radius 3 is 2.81 bits per heavy atom. The van der Waals surface area contributed by atoms with E-state index in [1.807, 2.05) is 6.92 Å². The number of hydrogen-bond donors (Lipinski definition) is 1. The summed E-state index contributed by atoms with van der Waals surface area (Å²) in [6.07, 6.45) is 3.72. The summed E-state index contributed by atoms with van der Waals surface area (Å²) in [7, 11) is 0. The fourth-order valence-corrected chi connectivity index (χ4v) is 2.44. The Balaban J connectivity index is 2.01. The highest BCUT2D eigenvalue weighted by molar-refractivity contribution is 5.11. The lowest BCUT2D eigenvalue weighted by molar-refractivity contribution is 0.396. The Hall–Kier alpha value is -0.830. The standard InChI is InChI=1S/C13H23N3/c1-4-16-12(7-9(2)15-16)8-13(14)10(3)11-5-6-11/h7,10-11,13H,4-6,8,14H2,1-3H3. The van der Waals surface area contributed by atoms with Gasteiger partial charge in [-0.05, 0) is 44.6 Å². The molecule has 0 amide bonds. The Bertz CT molecular complexity index is 352. The summed E-state index contributed by atoms with van der Waals surface area (Å²) in [6.45, 7) is 7.41. The van der Waals surface area contributed by atoms with Crippen molar-refractivity contribution in [1.29, 1.82) is 0 Å². The molecule has 1 heterocycles. The topological polar surface area (TPSA) is 43.8 Å². The lowest BCUT2D eigenvalue weighted by atomic mass is 9.94. The van der Waals surface area contributed by atoms with Gasteiger partial charge in [-0.2, -0.15) is 5.10 Å². The maximum atomic E-state index is 6.28. The van der Waals surface area contributed by atoms with E-state index in [0.717, 1.165) is 24.6 Å². The maximum absolute atomic E-state index is 6.28. The fourth-order valence-electron chi connectivity index (χ4n) is 2.44. The summed E-state index contributed by atoms with van der Waals surface area (Å²) in [5.41, 5.74) is 8.67. The minimum Gasteiger partial charge on any atom is -0.327 e. The molecule has 16 heavy (non-hydrogen) atoms. The number of nitrogens with two attached hydrogens (primary N) is 1. The Morgan fingerprint density at radius 1 is 1.56 bits per heavy atom. The molecule has 1 saturated carbocycles. The second kappa shape index (κ2) is 4.58. The zero-order chi connectivity index (χ0) is 11.7. The average molecular weight is 221 g/mol. The van der Waals surface area contributed by atoms with Crippen LogP contribution in [0.5, 0.6) is 0 Å². The Kier molecular flexibility index (Phi) is 3.33. The van der Waals surface area contributed by atoms with Gasteiger partial charge < -0.3 is 5.73 Å². The first kappa shape index (κ1) is 11.6. The van der Waals surface area contributed by atoms with Crippen LogP contribution >= 0.6 is 0 Å². The summed E-state index contributed by atoms with van der Waals surface area (Å²) < 4.78 is 2.08. The van der Waals surface area contributed by atoms with Gasteiger partial charge in [0.25, 0.3) is 0 Å². The normalized spacial score (nSPS) is 19.8. The van der Waals surface area contributed by atoms with Crippen LogP contribution in [0.15, 0.2) is 6.07 Å². The van der Waals surface area contributed by atoms with Gasteiger partial charge in [-0.25, -0.2) is 0 Å². The van der Waals surface area contributed by atoms with E-state index in [0.29, 0.717) is 5.92 Å². The molecule has 0 bridgehead atoms. The van der Waals surface area contributed by atoms with Crippen LogP contribution < -0.4 is 5.73 Å². The molecule has 1 aromatic heterocycles. The van der Waals surface area contributed by atoms with Crippen LogP contribution in [0.2, 0.25) is 0 Å². The zero-order valence-electron chi connectivity index (χ0n) is 10.6. The highest BCUT2D eigenvalue weighted by atomic mass is 15.3. The second-order valence-corrected chi connectivity index (χ2v) is 5.16. The van der Waals surface area contributed by atoms with Crippen molar-refractivity contribution in [2.24, 2.45) is 17.6 Å². The molecule has 3 nitrogen and oxygen atoms in total. The molecular weight excluding hydrogens is 198 g/mol. The quantitative estimate of drug-likeness (QED) is 0.827. The van der Waals surface area contributed by atoms with Crippen LogP contribution in [0.25, 0.3) is 0 Å². The van der Waals surface area contributed by atoms with Crippen LogP contribution in [0.4, 0.5) is 0 Å². The lowest BCUT2D eigenvalue weighted by Gasteiger charge is -2.19. The largest absolute Gasteiger partial charge is 0.327 e. The predicted molar refractivity (Wildman–Crippen MR) is 66.2 cm³/mol. The van der Waals surface area contributed by atoms with Crippen LogP contribution in [0.3, 0.4) is 0 Å². The van der Waals surface area contributed by atoms with E-state index in [-0.39, 0.29) is 6.04 Å². The fraction of sp³-hybridized carbons (Fsp3) is 0.769. The molecular formula is C13H23N3. The number of rotatable bonds is 5. The van der Waals surface area contributed by atoms with Crippen molar-refractivity contribution in [2.75, 3.05) is 0 Å². The lowest BCUT2D eigenvalue weighted by Crippen LogP contribution is -2.32. The van der Waals surface area contributed by atoms with E-state index in [1.54, 1.807) is 0 Å². The SMILES string of the molecule is CCn1nc(C)cc1CC(N)C(C)C1CC1. The highest BCUT2D eigenvalue weighted by Gasteiger charge is 2.31. The van der Waals surface area contributed by atoms with Gasteiger partial charge in [0, 0.05) is 24.7 Å². The smallest absolute Gasteiger partial charge is 0.0596 e. The molecule has 90 valence electrons. The number of nitrogens with zero attached hydrogens (tertiary/aromatic N) is 2. The first-order valence-electron chi connectivity index (χ1n) is 6.40. The minimum atomic E-state index is 0.286. The average Bonchev–Trinajstić information content (AvgIpc) is 3.03. The summed E-state index contributed by atoms with van der Waals surface area (Å²) in [5.74, 6) is 1.54. The third-order valence-corrected chi connectivity index (χ3v) is 3.77. The third kappa shape index (κ3) is 2.46. The molecule has 2 unspecified atom stereocenters. The first-order chi connectivity index (χ1) is 7.61. The molecule has 0 saturated heterocycles. The number of aromatic nitrogens is 2. The highest BCUT2D eigenvalue weighted by Crippen LogP contribution is 2.38. The molecule has 0 spiro atoms. The molecule has 1 aromatic rings. The third-order valence-electron chi connectivity index (χ3n) is 3.77. The van der Waals surface area contributed by atoms with Gasteiger partial charge in [-0.3, -0.25) is 4.68 Å². The first-order valence-corrected chi connectivity index (χ1v) is 6.40. The predicted octanol–water partition coefficient (Wildman–Crippen LogP) is 2.13. The molecule has 0 aromatic carbocycles. The van der Waals surface area contributed by atoms with Gasteiger partial charge >= 0.3 is 0 Å². The number of aryl methyl sites for hydroxylation is 2. The molecule has 2 rings (SSSR count). The molecule has 0 aliphatic heterocycles. The van der Waals surface area contributed by atoms with E-state index in [9.17, 15) is 0 Å². The van der Waals surface area contributed by atoms with Crippen LogP contribution in [-0.2, 0) is 13.0 Å². The van der Waals surface area contributed by atoms with E-state index >= 15 is 0 Å². The van der Waals surface area contributed by atoms with Crippen LogP contribution in [-0.4, -0.2) is 15.8 Å². The van der Waals surface area contributed by atoms with E-state index < -0.39 is 0 Å². The van der Waals surface area contributed by atoms with Crippen molar-refractivity contribution in [1.82, 2.24) is 9.78 Å². The van der Waals surface area contributed by atoms with Crippen LogP contribution in [0.1, 0.15) is 38.1 Å². The Morgan fingerprint density at radius 2 is 2.25 bits per heavy atom. The van der Waals surface area contributed by atoms with E-state index in [2.05, 4.69) is 29.7 Å². The summed E-state index contributed by atoms with van der Waals surface area (Å²) in [4.78, 5) is 0. The minimum absolute atomic E-state index is 0.286. The van der Waals surface area contributed by atoms with Crippen molar-refractivity contribution >= 4 is 0 Å². The van der Waals surface area contributed by atoms with Gasteiger partial charge in [0.05, 0.1) is 5.69 Å². The summed E-state index contributed by atoms with van der Waals surface area (Å²) in [6, 6.07) is 2.46. The van der Waals surface area contributed by atoms with Gasteiger partial charge in [0.2, 0.25) is 0 Å². The molecule has 1 fully saturated rings. The monoisotopic (exact) mass is 221 g/mol. The molecule has 0 radical (unpaired) electrons. The molecule has 2 atom stereocenters. The molecule has 1 aliphatic carbocycles. The van der Waals surface area contributed by atoms with Gasteiger partial charge in [0.15, 0.2) is 0 Å². The van der Waals surface area contributed by atoms with E-state index in [1.165, 1.54) is 18.5 Å². The molecule has 1 aliphatic rings. The van der Waals surface area contributed by atoms with Crippen molar-refractivity contribution in [2.45, 2.75) is 52.6 Å². The summed E-state index contributed by atoms with van der Waals surface area (Å²) >= 11 is 0. The van der Waals surface area contributed by atoms with E-state index in [4.69, 9.17) is 5.73 Å².